The van der Waals surface area contributed by atoms with Gasteiger partial charge in [-0.3, -0.25) is 9.29 Å². The molecule has 3 heterocycles. The number of pyridine rings is 1. The minimum absolute atomic E-state index is 0.0572. The molecule has 0 fully saturated rings. The molecule has 3 aromatic heterocycles. The molecule has 0 amide bonds. The number of sulfonamides is 1. The molecule has 0 aromatic carbocycles. The van der Waals surface area contributed by atoms with Crippen molar-refractivity contribution in [2.24, 2.45) is 0 Å². The summed E-state index contributed by atoms with van der Waals surface area (Å²) < 4.78 is 42.1. The van der Waals surface area contributed by atoms with Crippen LogP contribution in [0.2, 0.25) is 5.02 Å². The second kappa shape index (κ2) is 10.6. The van der Waals surface area contributed by atoms with Crippen molar-refractivity contribution >= 4 is 27.6 Å². The molecule has 0 aliphatic carbocycles. The first kappa shape index (κ1) is 25.8. The maximum atomic E-state index is 13.4. The number of rotatable bonds is 10. The Kier molecular flexibility index (Phi) is 8.05. The number of anilines is 1. The molecule has 34 heavy (non-hydrogen) atoms. The fraction of sp³-hybridized carbons (Fsp3) is 0.476. The smallest absolute Gasteiger partial charge is 0.240 e. The Morgan fingerprint density at radius 3 is 2.32 bits per heavy atom. The third kappa shape index (κ3) is 5.80. The minimum atomic E-state index is -4.01. The van der Waals surface area contributed by atoms with E-state index in [4.69, 9.17) is 21.1 Å². The molecule has 2 atom stereocenters. The molecule has 0 aliphatic rings. The molecular formula is C21H28ClN7O4S. The zero-order chi connectivity index (χ0) is 25.0. The van der Waals surface area contributed by atoms with E-state index in [2.05, 4.69) is 29.9 Å². The number of nitrogens with one attached hydrogen (secondary N) is 1. The maximum absolute atomic E-state index is 13.4. The van der Waals surface area contributed by atoms with E-state index in [1.54, 1.807) is 36.6 Å². The van der Waals surface area contributed by atoms with Gasteiger partial charge >= 0.3 is 0 Å². The topological polar surface area (TPSA) is 134 Å². The van der Waals surface area contributed by atoms with E-state index in [0.29, 0.717) is 22.4 Å². The van der Waals surface area contributed by atoms with Gasteiger partial charge in [-0.1, -0.05) is 17.7 Å². The number of nitrogens with zero attached hydrogens (tertiary/aromatic N) is 6. The van der Waals surface area contributed by atoms with E-state index in [1.807, 2.05) is 13.8 Å². The van der Waals surface area contributed by atoms with Gasteiger partial charge in [-0.2, -0.15) is 0 Å². The highest BCUT2D eigenvalue weighted by molar-refractivity contribution is 7.93. The summed E-state index contributed by atoms with van der Waals surface area (Å²) in [5.74, 6) is 1.07. The summed E-state index contributed by atoms with van der Waals surface area (Å²) in [6.45, 7) is 8.91. The van der Waals surface area contributed by atoms with E-state index < -0.39 is 21.4 Å². The van der Waals surface area contributed by atoms with E-state index >= 15 is 0 Å². The number of hydrogen-bond acceptors (Lipinski definition) is 9. The molecule has 0 saturated heterocycles. The Hall–Kier alpha value is -2.83. The fourth-order valence-electron chi connectivity index (χ4n) is 3.20. The summed E-state index contributed by atoms with van der Waals surface area (Å²) in [7, 11) is -2.50. The quantitative estimate of drug-likeness (QED) is 0.434. The number of aromatic nitrogens is 6. The van der Waals surface area contributed by atoms with Crippen LogP contribution in [0.25, 0.3) is 11.5 Å². The van der Waals surface area contributed by atoms with E-state index in [9.17, 15) is 8.42 Å². The molecule has 13 heteroatoms. The van der Waals surface area contributed by atoms with Gasteiger partial charge in [0.1, 0.15) is 17.0 Å². The molecule has 0 bridgehead atoms. The van der Waals surface area contributed by atoms with Gasteiger partial charge in [0.2, 0.25) is 21.9 Å². The van der Waals surface area contributed by atoms with Crippen molar-refractivity contribution in [3.05, 3.63) is 41.4 Å². The van der Waals surface area contributed by atoms with E-state index in [-0.39, 0.29) is 23.9 Å². The number of methoxy groups -OCH3 is 1. The summed E-state index contributed by atoms with van der Waals surface area (Å²) in [5.41, 5.74) is 0.495. The van der Waals surface area contributed by atoms with E-state index in [1.165, 1.54) is 26.4 Å². The van der Waals surface area contributed by atoms with Gasteiger partial charge in [0.05, 0.1) is 18.2 Å². The number of ether oxygens (including phenoxy) is 2. The normalized spacial score (nSPS) is 13.8. The van der Waals surface area contributed by atoms with Gasteiger partial charge in [-0.15, -0.1) is 10.2 Å². The lowest BCUT2D eigenvalue weighted by molar-refractivity contribution is 0.00154. The Bertz CT molecular complexity index is 1220. The largest absolute Gasteiger partial charge is 0.481 e. The Labute approximate surface area is 204 Å². The second-order valence-corrected chi connectivity index (χ2v) is 10.6. The lowest BCUT2D eigenvalue weighted by atomic mass is 10.2. The van der Waals surface area contributed by atoms with Crippen LogP contribution in [0.3, 0.4) is 0 Å². The summed E-state index contributed by atoms with van der Waals surface area (Å²) in [5, 5.41) is 7.55. The lowest BCUT2D eigenvalue weighted by Gasteiger charge is -2.25. The third-order valence-corrected chi connectivity index (χ3v) is 6.73. The highest BCUT2D eigenvalue weighted by atomic mass is 35.5. The first-order chi connectivity index (χ1) is 16.0. The van der Waals surface area contributed by atoms with Crippen LogP contribution in [-0.4, -0.2) is 56.6 Å². The SMILES string of the molecule is COc1cccc(-c2nnc(NS(=O)(=O)[C@@H](C)[C@@H](OC(C)C)c3ncc(Cl)cn3)n2C(C)C)n1. The van der Waals surface area contributed by atoms with Crippen LogP contribution in [0.15, 0.2) is 30.6 Å². The minimum Gasteiger partial charge on any atom is -0.481 e. The van der Waals surface area contributed by atoms with Crippen LogP contribution in [0.1, 0.15) is 52.6 Å². The van der Waals surface area contributed by atoms with Gasteiger partial charge in [0, 0.05) is 24.5 Å². The fourth-order valence-corrected chi connectivity index (χ4v) is 4.39. The second-order valence-electron chi connectivity index (χ2n) is 8.09. The van der Waals surface area contributed by atoms with Crippen molar-refractivity contribution in [1.82, 2.24) is 29.7 Å². The summed E-state index contributed by atoms with van der Waals surface area (Å²) in [6.07, 6.45) is 1.59. The van der Waals surface area contributed by atoms with Gasteiger partial charge in [-0.25, -0.2) is 23.4 Å². The van der Waals surface area contributed by atoms with Crippen molar-refractivity contribution in [2.75, 3.05) is 11.8 Å². The molecule has 0 spiro atoms. The molecule has 3 aromatic rings. The third-order valence-electron chi connectivity index (χ3n) is 4.84. The van der Waals surface area contributed by atoms with Gasteiger partial charge in [0.15, 0.2) is 11.6 Å². The van der Waals surface area contributed by atoms with Gasteiger partial charge in [0.25, 0.3) is 0 Å². The molecule has 11 nitrogen and oxygen atoms in total. The van der Waals surface area contributed by atoms with Crippen molar-refractivity contribution in [1.29, 1.82) is 0 Å². The van der Waals surface area contributed by atoms with Crippen LogP contribution in [-0.2, 0) is 14.8 Å². The summed E-state index contributed by atoms with van der Waals surface area (Å²) in [4.78, 5) is 12.7. The highest BCUT2D eigenvalue weighted by Gasteiger charge is 2.35. The van der Waals surface area contributed by atoms with Gasteiger partial charge in [-0.05, 0) is 40.7 Å². The van der Waals surface area contributed by atoms with Crippen molar-refractivity contribution < 1.29 is 17.9 Å². The molecular weight excluding hydrogens is 482 g/mol. The molecule has 0 saturated carbocycles. The standard InChI is InChI=1S/C21H28ClN7O4S/c1-12(2)29-20(16-8-7-9-17(25-16)32-6)26-27-21(29)28-34(30,31)14(5)18(33-13(3)4)19-23-10-15(22)11-24-19/h7-14,18H,1-6H3,(H,27,28)/t14-,18+/m0/s1. The Morgan fingerprint density at radius 2 is 1.74 bits per heavy atom. The molecule has 0 unspecified atom stereocenters. The summed E-state index contributed by atoms with van der Waals surface area (Å²) >= 11 is 5.89. The van der Waals surface area contributed by atoms with Crippen molar-refractivity contribution in [3.8, 4) is 17.4 Å². The predicted octanol–water partition coefficient (Wildman–Crippen LogP) is 3.67. The monoisotopic (exact) mass is 509 g/mol. The number of hydrogen-bond donors (Lipinski definition) is 1. The van der Waals surface area contributed by atoms with Crippen LogP contribution >= 0.6 is 11.6 Å². The molecule has 3 rings (SSSR count). The number of halogens is 1. The highest BCUT2D eigenvalue weighted by Crippen LogP contribution is 2.29. The van der Waals surface area contributed by atoms with Crippen molar-refractivity contribution in [3.63, 3.8) is 0 Å². The van der Waals surface area contributed by atoms with Crippen LogP contribution in [0.5, 0.6) is 5.88 Å². The molecule has 0 aliphatic heterocycles. The molecule has 1 N–H and O–H groups in total. The van der Waals surface area contributed by atoms with Gasteiger partial charge < -0.3 is 9.47 Å². The predicted molar refractivity (Wildman–Crippen MR) is 128 cm³/mol. The molecule has 184 valence electrons. The maximum Gasteiger partial charge on any atom is 0.240 e. The Balaban J connectivity index is 1.96. The first-order valence-electron chi connectivity index (χ1n) is 10.6. The average molecular weight is 510 g/mol. The summed E-state index contributed by atoms with van der Waals surface area (Å²) in [6, 6.07) is 5.05. The Morgan fingerprint density at radius 1 is 1.06 bits per heavy atom. The van der Waals surface area contributed by atoms with Crippen LogP contribution in [0.4, 0.5) is 5.95 Å². The van der Waals surface area contributed by atoms with Crippen LogP contribution in [0, 0.1) is 0 Å². The molecule has 0 radical (unpaired) electrons. The van der Waals surface area contributed by atoms with Crippen molar-refractivity contribution in [2.45, 2.75) is 58.1 Å². The average Bonchev–Trinajstić information content (AvgIpc) is 3.20. The first-order valence-corrected chi connectivity index (χ1v) is 12.6. The van der Waals surface area contributed by atoms with E-state index in [0.717, 1.165) is 0 Å². The lowest BCUT2D eigenvalue weighted by Crippen LogP contribution is -2.35. The van der Waals surface area contributed by atoms with Crippen LogP contribution < -0.4 is 9.46 Å². The zero-order valence-corrected chi connectivity index (χ0v) is 21.4. The zero-order valence-electron chi connectivity index (χ0n) is 19.8.